The molecule has 3 nitrogen and oxygen atoms in total. The van der Waals surface area contributed by atoms with Gasteiger partial charge < -0.3 is 10.4 Å². The van der Waals surface area contributed by atoms with Gasteiger partial charge in [0.15, 0.2) is 0 Å². The molecule has 0 unspecified atom stereocenters. The fourth-order valence-corrected chi connectivity index (χ4v) is 2.15. The highest BCUT2D eigenvalue weighted by Gasteiger charge is 2.28. The molecule has 2 rings (SSSR count). The molecule has 1 saturated heterocycles. The number of nitrogens with one attached hydrogen (secondary N) is 1. The zero-order chi connectivity index (χ0) is 11.5. The van der Waals surface area contributed by atoms with Crippen molar-refractivity contribution < 1.29 is 14.3 Å². The van der Waals surface area contributed by atoms with Crippen molar-refractivity contribution in [2.75, 3.05) is 6.54 Å². The molecule has 1 aromatic carbocycles. The standard InChI is InChI=1S/C12H14FNO2.ClH/c13-10-3-1-2-8(5-10)4-9-6-11(12(15)16)14-7-9;/h1-3,5,9,11,14H,4,6-7H2,(H,15,16);1H/t9-,11-;/m0./s1. The Kier molecular flexibility index (Phi) is 4.90. The van der Waals surface area contributed by atoms with Gasteiger partial charge in [0.2, 0.25) is 0 Å². The molecule has 1 heterocycles. The Morgan fingerprint density at radius 1 is 1.53 bits per heavy atom. The molecule has 1 aliphatic heterocycles. The Balaban J connectivity index is 0.00000144. The zero-order valence-electron chi connectivity index (χ0n) is 9.23. The van der Waals surface area contributed by atoms with Gasteiger partial charge in [-0.1, -0.05) is 12.1 Å². The molecular weight excluding hydrogens is 245 g/mol. The van der Waals surface area contributed by atoms with Crippen LogP contribution in [0.5, 0.6) is 0 Å². The second kappa shape index (κ2) is 5.98. The monoisotopic (exact) mass is 259 g/mol. The van der Waals surface area contributed by atoms with Crippen molar-refractivity contribution >= 4 is 18.4 Å². The molecule has 1 fully saturated rings. The molecule has 2 N–H and O–H groups in total. The first-order chi connectivity index (χ1) is 7.65. The van der Waals surface area contributed by atoms with E-state index in [0.29, 0.717) is 13.0 Å². The smallest absolute Gasteiger partial charge is 0.320 e. The van der Waals surface area contributed by atoms with Crippen LogP contribution in [0.15, 0.2) is 24.3 Å². The molecular formula is C12H15ClFNO2. The van der Waals surface area contributed by atoms with Crippen LogP contribution in [0.2, 0.25) is 0 Å². The summed E-state index contributed by atoms with van der Waals surface area (Å²) in [7, 11) is 0. The minimum Gasteiger partial charge on any atom is -0.480 e. The van der Waals surface area contributed by atoms with Gasteiger partial charge in [0, 0.05) is 0 Å². The van der Waals surface area contributed by atoms with Crippen LogP contribution >= 0.6 is 12.4 Å². The second-order valence-corrected chi connectivity index (χ2v) is 4.23. The fourth-order valence-electron chi connectivity index (χ4n) is 2.15. The van der Waals surface area contributed by atoms with E-state index in [1.165, 1.54) is 12.1 Å². The minimum atomic E-state index is -0.804. The van der Waals surface area contributed by atoms with Gasteiger partial charge in [-0.05, 0) is 43.0 Å². The number of hydrogen-bond acceptors (Lipinski definition) is 2. The first-order valence-electron chi connectivity index (χ1n) is 5.36. The van der Waals surface area contributed by atoms with E-state index < -0.39 is 12.0 Å². The molecule has 1 aliphatic rings. The van der Waals surface area contributed by atoms with Gasteiger partial charge in [0.05, 0.1) is 0 Å². The number of carboxylic acids is 1. The molecule has 5 heteroatoms. The molecule has 17 heavy (non-hydrogen) atoms. The third kappa shape index (κ3) is 3.68. The van der Waals surface area contributed by atoms with Crippen LogP contribution in [-0.2, 0) is 11.2 Å². The van der Waals surface area contributed by atoms with Gasteiger partial charge in [0.1, 0.15) is 11.9 Å². The first kappa shape index (κ1) is 13.9. The molecule has 1 aromatic rings. The summed E-state index contributed by atoms with van der Waals surface area (Å²) in [4.78, 5) is 10.7. The van der Waals surface area contributed by atoms with Crippen molar-refractivity contribution in [1.29, 1.82) is 0 Å². The van der Waals surface area contributed by atoms with Crippen LogP contribution in [0.1, 0.15) is 12.0 Å². The van der Waals surface area contributed by atoms with E-state index in [4.69, 9.17) is 5.11 Å². The molecule has 0 aliphatic carbocycles. The van der Waals surface area contributed by atoms with Crippen molar-refractivity contribution in [2.24, 2.45) is 5.92 Å². The number of aliphatic carboxylic acids is 1. The van der Waals surface area contributed by atoms with Gasteiger partial charge in [-0.2, -0.15) is 0 Å². The van der Waals surface area contributed by atoms with Crippen molar-refractivity contribution in [2.45, 2.75) is 18.9 Å². The summed E-state index contributed by atoms with van der Waals surface area (Å²) in [6, 6.07) is 6.03. The summed E-state index contributed by atoms with van der Waals surface area (Å²) in [6.45, 7) is 0.688. The normalized spacial score (nSPS) is 23.1. The van der Waals surface area contributed by atoms with Crippen molar-refractivity contribution in [3.8, 4) is 0 Å². The van der Waals surface area contributed by atoms with E-state index in [9.17, 15) is 9.18 Å². The summed E-state index contributed by atoms with van der Waals surface area (Å²) in [5, 5.41) is 11.8. The number of halogens is 2. The summed E-state index contributed by atoms with van der Waals surface area (Å²) < 4.78 is 12.9. The number of benzene rings is 1. The first-order valence-corrected chi connectivity index (χ1v) is 5.36. The fraction of sp³-hybridized carbons (Fsp3) is 0.417. The molecule has 0 spiro atoms. The SMILES string of the molecule is Cl.O=C(O)[C@@H]1C[C@H](Cc2cccc(F)c2)CN1. The van der Waals surface area contributed by atoms with E-state index in [0.717, 1.165) is 12.0 Å². The number of hydrogen-bond donors (Lipinski definition) is 2. The van der Waals surface area contributed by atoms with Crippen LogP contribution < -0.4 is 5.32 Å². The highest BCUT2D eigenvalue weighted by Crippen LogP contribution is 2.19. The topological polar surface area (TPSA) is 49.3 Å². The highest BCUT2D eigenvalue weighted by molar-refractivity contribution is 5.85. The van der Waals surface area contributed by atoms with Gasteiger partial charge in [-0.15, -0.1) is 12.4 Å². The third-order valence-electron chi connectivity index (χ3n) is 2.93. The van der Waals surface area contributed by atoms with Crippen molar-refractivity contribution in [3.05, 3.63) is 35.6 Å². The lowest BCUT2D eigenvalue weighted by Gasteiger charge is -2.08. The minimum absolute atomic E-state index is 0. The Morgan fingerprint density at radius 3 is 2.88 bits per heavy atom. The molecule has 0 radical (unpaired) electrons. The van der Waals surface area contributed by atoms with Crippen molar-refractivity contribution in [1.82, 2.24) is 5.32 Å². The van der Waals surface area contributed by atoms with Crippen molar-refractivity contribution in [3.63, 3.8) is 0 Å². The molecule has 0 bridgehead atoms. The lowest BCUT2D eigenvalue weighted by molar-refractivity contribution is -0.139. The summed E-state index contributed by atoms with van der Waals surface area (Å²) >= 11 is 0. The molecule has 94 valence electrons. The van der Waals surface area contributed by atoms with Gasteiger partial charge in [0.25, 0.3) is 0 Å². The molecule has 2 atom stereocenters. The maximum atomic E-state index is 12.9. The average Bonchev–Trinajstić information content (AvgIpc) is 2.66. The number of rotatable bonds is 3. The second-order valence-electron chi connectivity index (χ2n) is 4.23. The lowest BCUT2D eigenvalue weighted by atomic mass is 9.97. The summed E-state index contributed by atoms with van der Waals surface area (Å²) in [5.41, 5.74) is 0.929. The predicted octanol–water partition coefficient (Wildman–Crippen LogP) is 1.85. The quantitative estimate of drug-likeness (QED) is 0.871. The highest BCUT2D eigenvalue weighted by atomic mass is 35.5. The Labute approximate surface area is 105 Å². The Morgan fingerprint density at radius 2 is 2.29 bits per heavy atom. The maximum absolute atomic E-state index is 12.9. The summed E-state index contributed by atoms with van der Waals surface area (Å²) in [5.74, 6) is -0.761. The van der Waals surface area contributed by atoms with Gasteiger partial charge in [-0.25, -0.2) is 4.39 Å². The van der Waals surface area contributed by atoms with E-state index in [-0.39, 0.29) is 24.1 Å². The average molecular weight is 260 g/mol. The number of carbonyl (C=O) groups is 1. The molecule has 0 saturated carbocycles. The van der Waals surface area contributed by atoms with Gasteiger partial charge in [-0.3, -0.25) is 4.79 Å². The van der Waals surface area contributed by atoms with E-state index in [1.54, 1.807) is 6.07 Å². The van der Waals surface area contributed by atoms with E-state index in [2.05, 4.69) is 5.32 Å². The maximum Gasteiger partial charge on any atom is 0.320 e. The summed E-state index contributed by atoms with van der Waals surface area (Å²) in [6.07, 6.45) is 1.35. The zero-order valence-corrected chi connectivity index (χ0v) is 10.0. The lowest BCUT2D eigenvalue weighted by Crippen LogP contribution is -2.29. The van der Waals surface area contributed by atoms with E-state index >= 15 is 0 Å². The third-order valence-corrected chi connectivity index (χ3v) is 2.93. The molecule has 0 aromatic heterocycles. The largest absolute Gasteiger partial charge is 0.480 e. The molecule has 0 amide bonds. The van der Waals surface area contributed by atoms with Crippen LogP contribution in [0.3, 0.4) is 0 Å². The van der Waals surface area contributed by atoms with Gasteiger partial charge >= 0.3 is 5.97 Å². The van der Waals surface area contributed by atoms with Crippen LogP contribution in [0.4, 0.5) is 4.39 Å². The Hall–Kier alpha value is -1.13. The Bertz CT molecular complexity index is 400. The predicted molar refractivity (Wildman–Crippen MR) is 64.9 cm³/mol. The van der Waals surface area contributed by atoms with E-state index in [1.807, 2.05) is 6.07 Å². The van der Waals surface area contributed by atoms with Crippen LogP contribution in [0.25, 0.3) is 0 Å². The number of carboxylic acid groups (broad SMARTS) is 1. The van der Waals surface area contributed by atoms with Crippen LogP contribution in [-0.4, -0.2) is 23.7 Å². The van der Waals surface area contributed by atoms with Crippen LogP contribution in [0, 0.1) is 11.7 Å².